The number of amides is 1. The van der Waals surface area contributed by atoms with Gasteiger partial charge in [-0.3, -0.25) is 4.79 Å². The summed E-state index contributed by atoms with van der Waals surface area (Å²) in [5.41, 5.74) is 6.62. The van der Waals surface area contributed by atoms with Crippen molar-refractivity contribution in [2.24, 2.45) is 5.73 Å². The monoisotopic (exact) mass is 340 g/mol. The summed E-state index contributed by atoms with van der Waals surface area (Å²) >= 11 is 3.45. The molecule has 5 heteroatoms. The van der Waals surface area contributed by atoms with Crippen molar-refractivity contribution in [3.05, 3.63) is 34.3 Å². The third-order valence-corrected chi connectivity index (χ3v) is 4.24. The Morgan fingerprint density at radius 1 is 1.45 bits per heavy atom. The maximum Gasteiger partial charge on any atom is 0.243 e. The summed E-state index contributed by atoms with van der Waals surface area (Å²) in [6.07, 6.45) is 1.20. The van der Waals surface area contributed by atoms with E-state index in [1.54, 1.807) is 0 Å². The molecule has 0 aliphatic carbocycles. The maximum absolute atomic E-state index is 12.7. The summed E-state index contributed by atoms with van der Waals surface area (Å²) in [7, 11) is 0. The number of ether oxygens (including phenoxy) is 1. The van der Waals surface area contributed by atoms with Crippen molar-refractivity contribution >= 4 is 21.8 Å². The first-order valence-corrected chi connectivity index (χ1v) is 7.75. The second-order valence-electron chi connectivity index (χ2n) is 5.22. The van der Waals surface area contributed by atoms with Crippen LogP contribution in [0.4, 0.5) is 0 Å². The van der Waals surface area contributed by atoms with Gasteiger partial charge in [-0.05, 0) is 37.5 Å². The third-order valence-electron chi connectivity index (χ3n) is 3.74. The molecule has 2 N–H and O–H groups in total. The third kappa shape index (κ3) is 3.59. The number of hydrogen-bond donors (Lipinski definition) is 1. The smallest absolute Gasteiger partial charge is 0.243 e. The molecule has 0 radical (unpaired) electrons. The number of hydrogen-bond acceptors (Lipinski definition) is 3. The Bertz CT molecular complexity index is 473. The highest BCUT2D eigenvalue weighted by atomic mass is 79.9. The minimum absolute atomic E-state index is 0.0308. The van der Waals surface area contributed by atoms with Crippen molar-refractivity contribution in [2.75, 3.05) is 19.8 Å². The van der Waals surface area contributed by atoms with Crippen molar-refractivity contribution in [1.29, 1.82) is 0 Å². The van der Waals surface area contributed by atoms with Gasteiger partial charge < -0.3 is 15.4 Å². The van der Waals surface area contributed by atoms with Gasteiger partial charge in [0.2, 0.25) is 5.91 Å². The van der Waals surface area contributed by atoms with Crippen LogP contribution in [0.5, 0.6) is 0 Å². The summed E-state index contributed by atoms with van der Waals surface area (Å²) in [5, 5.41) is 0. The van der Waals surface area contributed by atoms with Crippen LogP contribution in [-0.4, -0.2) is 36.1 Å². The number of benzene rings is 1. The van der Waals surface area contributed by atoms with E-state index in [1.807, 2.05) is 36.1 Å². The highest BCUT2D eigenvalue weighted by Crippen LogP contribution is 2.22. The molecule has 0 bridgehead atoms. The lowest BCUT2D eigenvalue weighted by molar-refractivity contribution is -0.141. The fourth-order valence-corrected chi connectivity index (χ4v) is 2.89. The number of carbonyl (C=O) groups is 1. The zero-order valence-corrected chi connectivity index (χ0v) is 13.4. The van der Waals surface area contributed by atoms with Gasteiger partial charge in [-0.25, -0.2) is 0 Å². The predicted molar refractivity (Wildman–Crippen MR) is 82.2 cm³/mol. The highest BCUT2D eigenvalue weighted by molar-refractivity contribution is 9.10. The molecule has 1 saturated heterocycles. The lowest BCUT2D eigenvalue weighted by Crippen LogP contribution is -2.57. The molecule has 0 aromatic heterocycles. The quantitative estimate of drug-likeness (QED) is 0.914. The average molecular weight is 341 g/mol. The molecular weight excluding hydrogens is 320 g/mol. The fraction of sp³-hybridized carbons (Fsp3) is 0.533. The van der Waals surface area contributed by atoms with E-state index in [2.05, 4.69) is 15.9 Å². The predicted octanol–water partition coefficient (Wildman–Crippen LogP) is 2.31. The van der Waals surface area contributed by atoms with E-state index >= 15 is 0 Å². The molecule has 1 aliphatic rings. The van der Waals surface area contributed by atoms with E-state index in [9.17, 15) is 4.79 Å². The number of halogens is 1. The van der Waals surface area contributed by atoms with Crippen LogP contribution in [0.1, 0.15) is 25.3 Å². The number of nitrogens with zero attached hydrogens (tertiary/aromatic N) is 1. The molecule has 110 valence electrons. The van der Waals surface area contributed by atoms with Crippen LogP contribution in [0.25, 0.3) is 0 Å². The molecule has 20 heavy (non-hydrogen) atoms. The minimum atomic E-state index is -0.764. The van der Waals surface area contributed by atoms with Crippen molar-refractivity contribution in [1.82, 2.24) is 4.90 Å². The average Bonchev–Trinajstić information content (AvgIpc) is 2.45. The first-order chi connectivity index (χ1) is 9.55. The van der Waals surface area contributed by atoms with Crippen molar-refractivity contribution in [3.8, 4) is 0 Å². The van der Waals surface area contributed by atoms with Gasteiger partial charge in [-0.1, -0.05) is 28.1 Å². The van der Waals surface area contributed by atoms with Gasteiger partial charge in [0.15, 0.2) is 0 Å². The standard InChI is InChI=1S/C15H21BrN2O2/c1-2-18(11-12-4-3-5-13(16)10-12)14(19)15(17)6-8-20-9-7-15/h3-5,10H,2,6-9,11,17H2,1H3. The van der Waals surface area contributed by atoms with Gasteiger partial charge in [0.1, 0.15) is 0 Å². The molecule has 1 amide bonds. The molecule has 1 heterocycles. The summed E-state index contributed by atoms with van der Waals surface area (Å²) in [5.74, 6) is 0.0308. The normalized spacial score (nSPS) is 17.8. The van der Waals surface area contributed by atoms with Crippen LogP contribution in [0, 0.1) is 0 Å². The molecule has 1 fully saturated rings. The van der Waals surface area contributed by atoms with E-state index < -0.39 is 5.54 Å². The molecular formula is C15H21BrN2O2. The molecule has 0 atom stereocenters. The van der Waals surface area contributed by atoms with Crippen LogP contribution < -0.4 is 5.73 Å². The Kier molecular flexibility index (Phi) is 5.18. The molecule has 0 spiro atoms. The van der Waals surface area contributed by atoms with E-state index in [1.165, 1.54) is 0 Å². The maximum atomic E-state index is 12.7. The van der Waals surface area contributed by atoms with Crippen molar-refractivity contribution in [2.45, 2.75) is 31.8 Å². The summed E-state index contributed by atoms with van der Waals surface area (Å²) in [6.45, 7) is 4.37. The number of nitrogens with two attached hydrogens (primary N) is 1. The van der Waals surface area contributed by atoms with Gasteiger partial charge in [-0.2, -0.15) is 0 Å². The zero-order chi connectivity index (χ0) is 14.6. The second kappa shape index (κ2) is 6.70. The molecule has 1 aliphatic heterocycles. The van der Waals surface area contributed by atoms with E-state index in [0.717, 1.165) is 10.0 Å². The van der Waals surface area contributed by atoms with E-state index in [0.29, 0.717) is 39.1 Å². The van der Waals surface area contributed by atoms with Crippen LogP contribution >= 0.6 is 15.9 Å². The Labute approximate surface area is 128 Å². The molecule has 0 unspecified atom stereocenters. The SMILES string of the molecule is CCN(Cc1cccc(Br)c1)C(=O)C1(N)CCOCC1. The highest BCUT2D eigenvalue weighted by Gasteiger charge is 2.38. The summed E-state index contributed by atoms with van der Waals surface area (Å²) in [4.78, 5) is 14.5. The number of carbonyl (C=O) groups excluding carboxylic acids is 1. The van der Waals surface area contributed by atoms with Gasteiger partial charge >= 0.3 is 0 Å². The Morgan fingerprint density at radius 3 is 2.75 bits per heavy atom. The lowest BCUT2D eigenvalue weighted by Gasteiger charge is -2.36. The lowest BCUT2D eigenvalue weighted by atomic mass is 9.89. The summed E-state index contributed by atoms with van der Waals surface area (Å²) < 4.78 is 6.33. The van der Waals surface area contributed by atoms with E-state index in [4.69, 9.17) is 10.5 Å². The minimum Gasteiger partial charge on any atom is -0.381 e. The van der Waals surface area contributed by atoms with E-state index in [-0.39, 0.29) is 5.91 Å². The zero-order valence-electron chi connectivity index (χ0n) is 11.8. The number of likely N-dealkylation sites (N-methyl/N-ethyl adjacent to an activating group) is 1. The molecule has 1 aromatic carbocycles. The molecule has 4 nitrogen and oxygen atoms in total. The Morgan fingerprint density at radius 2 is 2.15 bits per heavy atom. The molecule has 1 aromatic rings. The van der Waals surface area contributed by atoms with Gasteiger partial charge in [-0.15, -0.1) is 0 Å². The van der Waals surface area contributed by atoms with Crippen LogP contribution in [-0.2, 0) is 16.1 Å². The fourth-order valence-electron chi connectivity index (χ4n) is 2.45. The first-order valence-electron chi connectivity index (χ1n) is 6.95. The largest absolute Gasteiger partial charge is 0.381 e. The molecule has 0 saturated carbocycles. The van der Waals surface area contributed by atoms with Gasteiger partial charge in [0.25, 0.3) is 0 Å². The van der Waals surface area contributed by atoms with Crippen LogP contribution in [0.15, 0.2) is 28.7 Å². The van der Waals surface area contributed by atoms with Crippen molar-refractivity contribution in [3.63, 3.8) is 0 Å². The summed E-state index contributed by atoms with van der Waals surface area (Å²) in [6, 6.07) is 8.01. The van der Waals surface area contributed by atoms with Crippen LogP contribution in [0.3, 0.4) is 0 Å². The topological polar surface area (TPSA) is 55.6 Å². The van der Waals surface area contributed by atoms with Gasteiger partial charge in [0.05, 0.1) is 5.54 Å². The van der Waals surface area contributed by atoms with Crippen LogP contribution in [0.2, 0.25) is 0 Å². The second-order valence-corrected chi connectivity index (χ2v) is 6.13. The Hall–Kier alpha value is -0.910. The van der Waals surface area contributed by atoms with Crippen molar-refractivity contribution < 1.29 is 9.53 Å². The first kappa shape index (κ1) is 15.5. The van der Waals surface area contributed by atoms with Gasteiger partial charge in [0, 0.05) is 30.8 Å². The number of rotatable bonds is 4. The Balaban J connectivity index is 2.09. The molecule has 2 rings (SSSR count).